The number of rotatable bonds is 6. The van der Waals surface area contributed by atoms with E-state index in [4.69, 9.17) is 17.2 Å². The van der Waals surface area contributed by atoms with Gasteiger partial charge in [-0.15, -0.1) is 0 Å². The summed E-state index contributed by atoms with van der Waals surface area (Å²) in [6, 6.07) is 24.0. The van der Waals surface area contributed by atoms with E-state index in [1.807, 2.05) is 55.5 Å². The summed E-state index contributed by atoms with van der Waals surface area (Å²) in [6.45, 7) is 6.41. The molecule has 202 valence electrons. The molecule has 0 spiro atoms. The standard InChI is InChI=1S/C31H29N5O2S2/c1-22-9-8-14-35-27(22)32-28(34-17-15-33(16-18-34)20-23-10-4-2-5-11-23)25(29(35)37)19-26-30(38)36(31(39)40-26)21-24-12-6-3-7-13-24/h2-14,19H,15-18,20-21H2,1H3. The van der Waals surface area contributed by atoms with Crippen LogP contribution in [0.4, 0.5) is 5.82 Å². The molecular weight excluding hydrogens is 539 g/mol. The number of amides is 1. The maximum absolute atomic E-state index is 13.9. The van der Waals surface area contributed by atoms with Crippen molar-refractivity contribution < 1.29 is 4.79 Å². The summed E-state index contributed by atoms with van der Waals surface area (Å²) in [5.41, 5.74) is 4.06. The summed E-state index contributed by atoms with van der Waals surface area (Å²) in [6.07, 6.45) is 3.43. The van der Waals surface area contributed by atoms with Gasteiger partial charge in [0.25, 0.3) is 11.5 Å². The van der Waals surface area contributed by atoms with Crippen LogP contribution in [0.3, 0.4) is 0 Å². The van der Waals surface area contributed by atoms with Crippen molar-refractivity contribution in [1.29, 1.82) is 0 Å². The normalized spacial score (nSPS) is 17.4. The molecule has 4 aromatic rings. The Morgan fingerprint density at radius 3 is 2.20 bits per heavy atom. The lowest BCUT2D eigenvalue weighted by atomic mass is 10.1. The molecule has 0 saturated carbocycles. The molecular formula is C31H29N5O2S2. The first-order chi connectivity index (χ1) is 19.5. The van der Waals surface area contributed by atoms with Gasteiger partial charge < -0.3 is 4.90 Å². The molecule has 0 N–H and O–H groups in total. The van der Waals surface area contributed by atoms with E-state index in [0.29, 0.717) is 32.8 Å². The fourth-order valence-electron chi connectivity index (χ4n) is 5.16. The highest BCUT2D eigenvalue weighted by Gasteiger charge is 2.33. The highest BCUT2D eigenvalue weighted by Crippen LogP contribution is 2.34. The van der Waals surface area contributed by atoms with Crippen molar-refractivity contribution >= 4 is 51.7 Å². The minimum atomic E-state index is -0.191. The summed E-state index contributed by atoms with van der Waals surface area (Å²) in [7, 11) is 0. The number of aromatic nitrogens is 2. The lowest BCUT2D eigenvalue weighted by Crippen LogP contribution is -2.47. The Balaban J connectivity index is 1.32. The average Bonchev–Trinajstić information content (AvgIpc) is 3.23. The predicted molar refractivity (Wildman–Crippen MR) is 165 cm³/mol. The molecule has 9 heteroatoms. The highest BCUT2D eigenvalue weighted by atomic mass is 32.2. The van der Waals surface area contributed by atoms with Gasteiger partial charge in [-0.3, -0.25) is 23.8 Å². The van der Waals surface area contributed by atoms with Crippen molar-refractivity contribution in [2.24, 2.45) is 0 Å². The van der Waals surface area contributed by atoms with E-state index in [-0.39, 0.29) is 11.5 Å². The van der Waals surface area contributed by atoms with Crippen molar-refractivity contribution in [3.63, 3.8) is 0 Å². The second-order valence-electron chi connectivity index (χ2n) is 10.0. The van der Waals surface area contributed by atoms with Crippen LogP contribution in [0.15, 0.2) is 88.7 Å². The number of benzene rings is 2. The van der Waals surface area contributed by atoms with Crippen molar-refractivity contribution in [2.45, 2.75) is 20.0 Å². The SMILES string of the molecule is Cc1cccn2c(=O)c(C=C3SC(=S)N(Cc4ccccc4)C3=O)c(N3CCN(Cc4ccccc4)CC3)nc12. The number of aryl methyl sites for hydroxylation is 1. The molecule has 2 aliphatic heterocycles. The number of hydrogen-bond donors (Lipinski definition) is 0. The molecule has 2 aromatic carbocycles. The molecule has 1 amide bonds. The third kappa shape index (κ3) is 5.32. The van der Waals surface area contributed by atoms with Gasteiger partial charge in [0.15, 0.2) is 0 Å². The summed E-state index contributed by atoms with van der Waals surface area (Å²) >= 11 is 6.81. The average molecular weight is 568 g/mol. The number of fused-ring (bicyclic) bond motifs is 1. The van der Waals surface area contributed by atoms with Crippen molar-refractivity contribution in [2.75, 3.05) is 31.1 Å². The second-order valence-corrected chi connectivity index (χ2v) is 11.7. The van der Waals surface area contributed by atoms with Gasteiger partial charge in [0.1, 0.15) is 15.8 Å². The van der Waals surface area contributed by atoms with Crippen LogP contribution in [0.2, 0.25) is 0 Å². The molecule has 0 atom stereocenters. The number of nitrogens with zero attached hydrogens (tertiary/aromatic N) is 5. The first-order valence-corrected chi connectivity index (χ1v) is 14.5. The van der Waals surface area contributed by atoms with Crippen LogP contribution in [0.5, 0.6) is 0 Å². The van der Waals surface area contributed by atoms with Gasteiger partial charge in [-0.05, 0) is 35.8 Å². The molecule has 2 aromatic heterocycles. The Morgan fingerprint density at radius 2 is 1.52 bits per heavy atom. The molecule has 4 heterocycles. The van der Waals surface area contributed by atoms with E-state index in [9.17, 15) is 9.59 Å². The molecule has 2 aliphatic rings. The predicted octanol–water partition coefficient (Wildman–Crippen LogP) is 4.73. The Kier molecular flexibility index (Phi) is 7.51. The Morgan fingerprint density at radius 1 is 0.875 bits per heavy atom. The number of hydrogen-bond acceptors (Lipinski definition) is 7. The molecule has 0 radical (unpaired) electrons. The Hall–Kier alpha value is -3.79. The summed E-state index contributed by atoms with van der Waals surface area (Å²) < 4.78 is 2.06. The largest absolute Gasteiger partial charge is 0.353 e. The van der Waals surface area contributed by atoms with Crippen LogP contribution in [-0.2, 0) is 17.9 Å². The van der Waals surface area contributed by atoms with Gasteiger partial charge in [-0.1, -0.05) is 90.7 Å². The number of thioether (sulfide) groups is 1. The van der Waals surface area contributed by atoms with E-state index in [0.717, 1.165) is 43.9 Å². The molecule has 2 fully saturated rings. The van der Waals surface area contributed by atoms with Gasteiger partial charge in [0.05, 0.1) is 17.0 Å². The number of piperazine rings is 1. The number of anilines is 1. The lowest BCUT2D eigenvalue weighted by Gasteiger charge is -2.36. The van der Waals surface area contributed by atoms with Crippen molar-refractivity contribution in [1.82, 2.24) is 19.2 Å². The van der Waals surface area contributed by atoms with Gasteiger partial charge in [0.2, 0.25) is 0 Å². The van der Waals surface area contributed by atoms with Gasteiger partial charge in [-0.25, -0.2) is 4.98 Å². The second kappa shape index (κ2) is 11.4. The highest BCUT2D eigenvalue weighted by molar-refractivity contribution is 8.26. The molecule has 40 heavy (non-hydrogen) atoms. The zero-order chi connectivity index (χ0) is 27.6. The van der Waals surface area contributed by atoms with Crippen LogP contribution in [0.1, 0.15) is 22.3 Å². The van der Waals surface area contributed by atoms with Gasteiger partial charge >= 0.3 is 0 Å². The van der Waals surface area contributed by atoms with Crippen molar-refractivity contribution in [3.8, 4) is 0 Å². The Labute approximate surface area is 242 Å². The minimum absolute atomic E-state index is 0.189. The maximum atomic E-state index is 13.9. The summed E-state index contributed by atoms with van der Waals surface area (Å²) in [5, 5.41) is 0. The zero-order valence-corrected chi connectivity index (χ0v) is 23.8. The number of carbonyl (C=O) groups excluding carboxylic acids is 1. The summed E-state index contributed by atoms with van der Waals surface area (Å²) in [4.78, 5) is 39.0. The first kappa shape index (κ1) is 26.4. The Bertz CT molecular complexity index is 1660. The van der Waals surface area contributed by atoms with E-state index < -0.39 is 0 Å². The number of carbonyl (C=O) groups is 1. The third-order valence-electron chi connectivity index (χ3n) is 7.32. The summed E-state index contributed by atoms with van der Waals surface area (Å²) in [5.74, 6) is 0.429. The van der Waals surface area contributed by atoms with Crippen LogP contribution in [0.25, 0.3) is 11.7 Å². The van der Waals surface area contributed by atoms with E-state index in [1.54, 1.807) is 21.6 Å². The van der Waals surface area contributed by atoms with Crippen LogP contribution in [0, 0.1) is 6.92 Å². The zero-order valence-electron chi connectivity index (χ0n) is 22.2. The molecule has 7 nitrogen and oxygen atoms in total. The fourth-order valence-corrected chi connectivity index (χ4v) is 6.40. The van der Waals surface area contributed by atoms with Crippen LogP contribution >= 0.6 is 24.0 Å². The first-order valence-electron chi connectivity index (χ1n) is 13.3. The van der Waals surface area contributed by atoms with Crippen molar-refractivity contribution in [3.05, 3.63) is 117 Å². The quantitative estimate of drug-likeness (QED) is 0.247. The minimum Gasteiger partial charge on any atom is -0.353 e. The third-order valence-corrected chi connectivity index (χ3v) is 8.70. The monoisotopic (exact) mass is 567 g/mol. The number of thiocarbonyl (C=S) groups is 1. The van der Waals surface area contributed by atoms with E-state index in [2.05, 4.69) is 34.1 Å². The molecule has 0 bridgehead atoms. The van der Waals surface area contributed by atoms with Gasteiger partial charge in [0, 0.05) is 38.9 Å². The van der Waals surface area contributed by atoms with E-state index in [1.165, 1.54) is 17.3 Å². The molecule has 6 rings (SSSR count). The maximum Gasteiger partial charge on any atom is 0.267 e. The van der Waals surface area contributed by atoms with Crippen LogP contribution in [-0.4, -0.2) is 55.6 Å². The topological polar surface area (TPSA) is 61.2 Å². The molecule has 0 aliphatic carbocycles. The van der Waals surface area contributed by atoms with Crippen LogP contribution < -0.4 is 10.5 Å². The fraction of sp³-hybridized carbons (Fsp3) is 0.226. The molecule has 0 unspecified atom stereocenters. The van der Waals surface area contributed by atoms with Gasteiger partial charge in [-0.2, -0.15) is 0 Å². The molecule has 2 saturated heterocycles. The number of pyridine rings is 1. The smallest absolute Gasteiger partial charge is 0.267 e. The lowest BCUT2D eigenvalue weighted by molar-refractivity contribution is -0.122. The van der Waals surface area contributed by atoms with E-state index >= 15 is 0 Å².